The van der Waals surface area contributed by atoms with Crippen molar-refractivity contribution < 1.29 is 0 Å². The molecule has 0 unspecified atom stereocenters. The molecule has 2 fully saturated rings. The number of hydrogen-bond donors (Lipinski definition) is 1. The van der Waals surface area contributed by atoms with Crippen LogP contribution in [0.5, 0.6) is 0 Å². The summed E-state index contributed by atoms with van der Waals surface area (Å²) in [6, 6.07) is 7.43. The second kappa shape index (κ2) is 4.95. The van der Waals surface area contributed by atoms with Crippen LogP contribution in [0.1, 0.15) is 25.7 Å². The van der Waals surface area contributed by atoms with Gasteiger partial charge < -0.3 is 10.6 Å². The van der Waals surface area contributed by atoms with E-state index in [1.165, 1.54) is 30.6 Å². The molecule has 4 heteroatoms. The smallest absolute Gasteiger partial charge is 0.0562 e. The van der Waals surface area contributed by atoms with Gasteiger partial charge in [0.15, 0.2) is 0 Å². The highest BCUT2D eigenvalue weighted by Crippen LogP contribution is 2.43. The Hall–Kier alpha value is -0.380. The fourth-order valence-electron chi connectivity index (χ4n) is 3.25. The summed E-state index contributed by atoms with van der Waals surface area (Å²) in [6.07, 6.45) is 5.32. The number of hydrogen-bond acceptors (Lipinski definition) is 3. The van der Waals surface area contributed by atoms with Crippen LogP contribution in [0.3, 0.4) is 0 Å². The van der Waals surface area contributed by atoms with Crippen molar-refractivity contribution in [2.75, 3.05) is 12.8 Å². The van der Waals surface area contributed by atoms with Gasteiger partial charge in [0.05, 0.1) is 5.02 Å². The molecule has 1 aromatic rings. The predicted octanol–water partition coefficient (Wildman–Crippen LogP) is 3.64. The van der Waals surface area contributed by atoms with Gasteiger partial charge in [-0.1, -0.05) is 11.6 Å². The Morgan fingerprint density at radius 1 is 1.28 bits per heavy atom. The minimum absolute atomic E-state index is 0.708. The molecule has 0 spiro atoms. The van der Waals surface area contributed by atoms with Crippen molar-refractivity contribution in [3.63, 3.8) is 0 Å². The minimum Gasteiger partial charge on any atom is -0.399 e. The van der Waals surface area contributed by atoms with E-state index in [1.54, 1.807) is 0 Å². The maximum Gasteiger partial charge on any atom is 0.0562 e. The van der Waals surface area contributed by atoms with Crippen LogP contribution in [0.2, 0.25) is 5.02 Å². The van der Waals surface area contributed by atoms with E-state index in [-0.39, 0.29) is 0 Å². The number of halogens is 1. The van der Waals surface area contributed by atoms with Crippen molar-refractivity contribution in [1.29, 1.82) is 0 Å². The molecule has 2 nitrogen and oxygen atoms in total. The molecule has 0 aliphatic carbocycles. The van der Waals surface area contributed by atoms with Crippen molar-refractivity contribution in [2.45, 2.75) is 47.9 Å². The maximum atomic E-state index is 6.25. The van der Waals surface area contributed by atoms with Crippen LogP contribution in [-0.2, 0) is 0 Å². The molecule has 3 rings (SSSR count). The molecular formula is C14H19ClN2S. The molecule has 0 aromatic heterocycles. The molecular weight excluding hydrogens is 264 g/mol. The quantitative estimate of drug-likeness (QED) is 0.840. The molecule has 3 atom stereocenters. The Labute approximate surface area is 118 Å². The van der Waals surface area contributed by atoms with Crippen molar-refractivity contribution in [3.8, 4) is 0 Å². The normalized spacial score (nSPS) is 31.8. The summed E-state index contributed by atoms with van der Waals surface area (Å²) in [5.74, 6) is 0. The molecule has 98 valence electrons. The Morgan fingerprint density at radius 3 is 2.56 bits per heavy atom. The lowest BCUT2D eigenvalue weighted by molar-refractivity contribution is 0.183. The van der Waals surface area contributed by atoms with E-state index in [1.807, 2.05) is 23.9 Å². The summed E-state index contributed by atoms with van der Waals surface area (Å²) in [7, 11) is 2.28. The van der Waals surface area contributed by atoms with Gasteiger partial charge in [0, 0.05) is 27.9 Å². The first-order valence-electron chi connectivity index (χ1n) is 6.57. The highest BCUT2D eigenvalue weighted by atomic mass is 35.5. The topological polar surface area (TPSA) is 29.3 Å². The second-order valence-corrected chi connectivity index (χ2v) is 7.20. The first-order chi connectivity index (χ1) is 8.63. The highest BCUT2D eigenvalue weighted by molar-refractivity contribution is 8.00. The Morgan fingerprint density at radius 2 is 1.94 bits per heavy atom. The number of nitrogens with two attached hydrogens (primary N) is 1. The zero-order chi connectivity index (χ0) is 12.7. The highest BCUT2D eigenvalue weighted by Gasteiger charge is 2.38. The van der Waals surface area contributed by atoms with E-state index in [4.69, 9.17) is 17.3 Å². The SMILES string of the molecule is CN1[C@@H]2CC[C@H]1C[C@H](Sc1ccc(N)cc1Cl)C2. The molecule has 0 amide bonds. The van der Waals surface area contributed by atoms with Gasteiger partial charge >= 0.3 is 0 Å². The Balaban J connectivity index is 1.70. The molecule has 0 saturated carbocycles. The van der Waals surface area contributed by atoms with Crippen molar-refractivity contribution in [1.82, 2.24) is 4.90 Å². The largest absolute Gasteiger partial charge is 0.399 e. The summed E-state index contributed by atoms with van der Waals surface area (Å²) in [5.41, 5.74) is 6.48. The lowest BCUT2D eigenvalue weighted by atomic mass is 10.0. The summed E-state index contributed by atoms with van der Waals surface area (Å²) < 4.78 is 0. The van der Waals surface area contributed by atoms with E-state index in [2.05, 4.69) is 18.0 Å². The van der Waals surface area contributed by atoms with Gasteiger partial charge in [-0.2, -0.15) is 0 Å². The van der Waals surface area contributed by atoms with Gasteiger partial charge in [-0.3, -0.25) is 0 Å². The van der Waals surface area contributed by atoms with Crippen LogP contribution in [-0.4, -0.2) is 29.3 Å². The van der Waals surface area contributed by atoms with E-state index in [9.17, 15) is 0 Å². The van der Waals surface area contributed by atoms with Crippen LogP contribution in [0, 0.1) is 0 Å². The summed E-state index contributed by atoms with van der Waals surface area (Å²) in [4.78, 5) is 3.75. The molecule has 0 radical (unpaired) electrons. The average molecular weight is 283 g/mol. The van der Waals surface area contributed by atoms with Gasteiger partial charge in [-0.05, 0) is 50.9 Å². The number of rotatable bonds is 2. The Bertz CT molecular complexity index is 437. The van der Waals surface area contributed by atoms with Crippen molar-refractivity contribution >= 4 is 29.1 Å². The second-order valence-electron chi connectivity index (χ2n) is 5.45. The standard InChI is InChI=1S/C14H19ClN2S/c1-17-10-3-4-11(17)8-12(7-10)18-14-5-2-9(16)6-13(14)15/h2,5-6,10-12H,3-4,7-8,16H2,1H3/t10-,11+,12-. The van der Waals surface area contributed by atoms with E-state index in [0.717, 1.165) is 22.8 Å². The Kier molecular flexibility index (Phi) is 3.48. The lowest BCUT2D eigenvalue weighted by Crippen LogP contribution is -2.40. The number of anilines is 1. The number of fused-ring (bicyclic) bond motifs is 2. The zero-order valence-corrected chi connectivity index (χ0v) is 12.2. The molecule has 2 aliphatic heterocycles. The number of nitrogens with zero attached hydrogens (tertiary/aromatic N) is 1. The van der Waals surface area contributed by atoms with E-state index in [0.29, 0.717) is 5.25 Å². The molecule has 1 aromatic carbocycles. The van der Waals surface area contributed by atoms with Gasteiger partial charge in [-0.25, -0.2) is 0 Å². The van der Waals surface area contributed by atoms with Crippen LogP contribution >= 0.6 is 23.4 Å². The minimum atomic E-state index is 0.708. The lowest BCUT2D eigenvalue weighted by Gasteiger charge is -2.36. The molecule has 2 aliphatic rings. The van der Waals surface area contributed by atoms with Gasteiger partial charge in [0.2, 0.25) is 0 Å². The predicted molar refractivity (Wildman–Crippen MR) is 79.3 cm³/mol. The third kappa shape index (κ3) is 2.36. The summed E-state index contributed by atoms with van der Waals surface area (Å²) in [5, 5.41) is 1.51. The number of thioether (sulfide) groups is 1. The van der Waals surface area contributed by atoms with Gasteiger partial charge in [-0.15, -0.1) is 11.8 Å². The third-order valence-electron chi connectivity index (χ3n) is 4.30. The van der Waals surface area contributed by atoms with Crippen LogP contribution in [0.15, 0.2) is 23.1 Å². The molecule has 2 heterocycles. The van der Waals surface area contributed by atoms with E-state index < -0.39 is 0 Å². The van der Waals surface area contributed by atoms with Gasteiger partial charge in [0.1, 0.15) is 0 Å². The monoisotopic (exact) mass is 282 g/mol. The van der Waals surface area contributed by atoms with Crippen LogP contribution in [0.25, 0.3) is 0 Å². The van der Waals surface area contributed by atoms with Crippen molar-refractivity contribution in [2.24, 2.45) is 0 Å². The maximum absolute atomic E-state index is 6.25. The number of piperidine rings is 1. The summed E-state index contributed by atoms with van der Waals surface area (Å²) in [6.45, 7) is 0. The third-order valence-corrected chi connectivity index (χ3v) is 6.06. The number of benzene rings is 1. The average Bonchev–Trinajstić information content (AvgIpc) is 2.57. The summed E-state index contributed by atoms with van der Waals surface area (Å²) >= 11 is 8.19. The molecule has 2 saturated heterocycles. The molecule has 2 bridgehead atoms. The first kappa shape index (κ1) is 12.6. The molecule has 18 heavy (non-hydrogen) atoms. The fourth-order valence-corrected chi connectivity index (χ4v) is 4.89. The first-order valence-corrected chi connectivity index (χ1v) is 7.83. The zero-order valence-electron chi connectivity index (χ0n) is 10.6. The van der Waals surface area contributed by atoms with Crippen LogP contribution in [0.4, 0.5) is 5.69 Å². The number of nitrogen functional groups attached to an aromatic ring is 1. The fraction of sp³-hybridized carbons (Fsp3) is 0.571. The van der Waals surface area contributed by atoms with E-state index >= 15 is 0 Å². The van der Waals surface area contributed by atoms with Crippen molar-refractivity contribution in [3.05, 3.63) is 23.2 Å². The molecule has 2 N–H and O–H groups in total. The van der Waals surface area contributed by atoms with Crippen LogP contribution < -0.4 is 5.73 Å². The van der Waals surface area contributed by atoms with Gasteiger partial charge in [0.25, 0.3) is 0 Å².